The van der Waals surface area contributed by atoms with Crippen LogP contribution in [0, 0.1) is 18.8 Å². The summed E-state index contributed by atoms with van der Waals surface area (Å²) in [6, 6.07) is 5.77. The Morgan fingerprint density at radius 2 is 2.29 bits per heavy atom. The number of hydrogen-bond acceptors (Lipinski definition) is 1. The summed E-state index contributed by atoms with van der Waals surface area (Å²) in [6.07, 6.45) is 0.103. The van der Waals surface area contributed by atoms with E-state index in [9.17, 15) is 4.79 Å². The van der Waals surface area contributed by atoms with Gasteiger partial charge in [-0.05, 0) is 24.6 Å². The fourth-order valence-electron chi connectivity index (χ4n) is 0.969. The molecule has 1 aromatic carbocycles. The molecule has 1 amide bonds. The highest BCUT2D eigenvalue weighted by molar-refractivity contribution is 9.10. The zero-order valence-electron chi connectivity index (χ0n) is 7.80. The second kappa shape index (κ2) is 4.83. The van der Waals surface area contributed by atoms with Gasteiger partial charge in [-0.2, -0.15) is 0 Å². The largest absolute Gasteiger partial charge is 0.369 e. The minimum Gasteiger partial charge on any atom is -0.369 e. The normalized spacial score (nSPS) is 9.00. The van der Waals surface area contributed by atoms with Crippen LogP contribution < -0.4 is 5.73 Å². The first-order valence-corrected chi connectivity index (χ1v) is 4.93. The molecule has 0 aliphatic heterocycles. The van der Waals surface area contributed by atoms with Crippen LogP contribution in [0.2, 0.25) is 0 Å². The highest BCUT2D eigenvalue weighted by Gasteiger charge is 1.97. The fraction of sp³-hybridized carbons (Fsp3) is 0.182. The van der Waals surface area contributed by atoms with Crippen LogP contribution in [-0.4, -0.2) is 5.91 Å². The third kappa shape index (κ3) is 2.90. The molecule has 0 radical (unpaired) electrons. The maximum atomic E-state index is 10.5. The lowest BCUT2D eigenvalue weighted by Crippen LogP contribution is -2.08. The first kappa shape index (κ1) is 10.8. The van der Waals surface area contributed by atoms with Gasteiger partial charge in [0.15, 0.2) is 0 Å². The van der Waals surface area contributed by atoms with E-state index in [2.05, 4.69) is 27.8 Å². The highest BCUT2D eigenvalue weighted by atomic mass is 79.9. The molecular formula is C11H10BrNO. The van der Waals surface area contributed by atoms with Crippen molar-refractivity contribution in [1.29, 1.82) is 0 Å². The molecule has 3 heteroatoms. The third-order valence-electron chi connectivity index (χ3n) is 1.75. The second-order valence-corrected chi connectivity index (χ2v) is 3.71. The van der Waals surface area contributed by atoms with Crippen molar-refractivity contribution < 1.29 is 4.79 Å². The van der Waals surface area contributed by atoms with Crippen molar-refractivity contribution in [2.75, 3.05) is 0 Å². The lowest BCUT2D eigenvalue weighted by molar-refractivity contribution is -0.117. The third-order valence-corrected chi connectivity index (χ3v) is 2.61. The van der Waals surface area contributed by atoms with Crippen LogP contribution in [0.1, 0.15) is 17.5 Å². The summed E-state index contributed by atoms with van der Waals surface area (Å²) >= 11 is 3.41. The summed E-state index contributed by atoms with van der Waals surface area (Å²) in [5.41, 5.74) is 6.96. The molecule has 14 heavy (non-hydrogen) atoms. The molecule has 0 atom stereocenters. The minimum atomic E-state index is -0.398. The maximum Gasteiger partial charge on any atom is 0.229 e. The van der Waals surface area contributed by atoms with E-state index < -0.39 is 5.91 Å². The molecule has 0 saturated carbocycles. The molecule has 0 spiro atoms. The van der Waals surface area contributed by atoms with Gasteiger partial charge in [-0.25, -0.2) is 0 Å². The number of rotatable bonds is 1. The molecule has 0 bridgehead atoms. The van der Waals surface area contributed by atoms with Crippen molar-refractivity contribution in [3.8, 4) is 11.8 Å². The highest BCUT2D eigenvalue weighted by Crippen LogP contribution is 2.18. The molecule has 1 aromatic rings. The molecule has 0 aliphatic carbocycles. The Morgan fingerprint density at radius 1 is 1.57 bits per heavy atom. The van der Waals surface area contributed by atoms with Gasteiger partial charge in [0, 0.05) is 10.0 Å². The zero-order valence-corrected chi connectivity index (χ0v) is 9.39. The number of amides is 1. The SMILES string of the molecule is Cc1c(Br)cccc1C#CCC(N)=O. The standard InChI is InChI=1S/C11H10BrNO/c1-8-9(4-2-6-10(8)12)5-3-7-11(13)14/h2,4,6H,7H2,1H3,(H2,13,14). The summed E-state index contributed by atoms with van der Waals surface area (Å²) in [7, 11) is 0. The summed E-state index contributed by atoms with van der Waals surface area (Å²) in [5, 5.41) is 0. The van der Waals surface area contributed by atoms with Gasteiger partial charge < -0.3 is 5.73 Å². The van der Waals surface area contributed by atoms with E-state index in [0.717, 1.165) is 15.6 Å². The van der Waals surface area contributed by atoms with Crippen LogP contribution in [-0.2, 0) is 4.79 Å². The topological polar surface area (TPSA) is 43.1 Å². The van der Waals surface area contributed by atoms with Crippen molar-refractivity contribution in [2.45, 2.75) is 13.3 Å². The van der Waals surface area contributed by atoms with E-state index in [1.807, 2.05) is 25.1 Å². The Labute approximate surface area is 91.6 Å². The van der Waals surface area contributed by atoms with Gasteiger partial charge in [0.1, 0.15) is 0 Å². The number of primary amides is 1. The monoisotopic (exact) mass is 251 g/mol. The maximum absolute atomic E-state index is 10.5. The molecular weight excluding hydrogens is 242 g/mol. The van der Waals surface area contributed by atoms with E-state index in [1.54, 1.807) is 0 Å². The summed E-state index contributed by atoms with van der Waals surface area (Å²) < 4.78 is 1.02. The van der Waals surface area contributed by atoms with E-state index in [1.165, 1.54) is 0 Å². The first-order chi connectivity index (χ1) is 6.61. The van der Waals surface area contributed by atoms with Crippen molar-refractivity contribution >= 4 is 21.8 Å². The zero-order chi connectivity index (χ0) is 10.6. The summed E-state index contributed by atoms with van der Waals surface area (Å²) in [5.74, 6) is 5.23. The second-order valence-electron chi connectivity index (χ2n) is 2.86. The Balaban J connectivity index is 2.90. The van der Waals surface area contributed by atoms with Crippen LogP contribution in [0.4, 0.5) is 0 Å². The van der Waals surface area contributed by atoms with Crippen LogP contribution in [0.25, 0.3) is 0 Å². The van der Waals surface area contributed by atoms with Crippen LogP contribution in [0.15, 0.2) is 22.7 Å². The van der Waals surface area contributed by atoms with Crippen LogP contribution >= 0.6 is 15.9 Å². The van der Waals surface area contributed by atoms with Gasteiger partial charge >= 0.3 is 0 Å². The van der Waals surface area contributed by atoms with Crippen molar-refractivity contribution in [2.24, 2.45) is 5.73 Å². The van der Waals surface area contributed by atoms with Gasteiger partial charge in [-0.3, -0.25) is 4.79 Å². The molecule has 2 N–H and O–H groups in total. The lowest BCUT2D eigenvalue weighted by Gasteiger charge is -1.99. The molecule has 2 nitrogen and oxygen atoms in total. The number of nitrogens with two attached hydrogens (primary N) is 1. The van der Waals surface area contributed by atoms with Crippen molar-refractivity contribution in [3.05, 3.63) is 33.8 Å². The Hall–Kier alpha value is -1.27. The molecule has 72 valence electrons. The quantitative estimate of drug-likeness (QED) is 0.763. The number of hydrogen-bond donors (Lipinski definition) is 1. The molecule has 1 rings (SSSR count). The van der Waals surface area contributed by atoms with Gasteiger partial charge in [0.2, 0.25) is 5.91 Å². The van der Waals surface area contributed by atoms with Crippen molar-refractivity contribution in [1.82, 2.24) is 0 Å². The Morgan fingerprint density at radius 3 is 2.93 bits per heavy atom. The molecule has 0 aliphatic rings. The van der Waals surface area contributed by atoms with Gasteiger partial charge in [0.05, 0.1) is 6.42 Å². The predicted molar refractivity (Wildman–Crippen MR) is 59.6 cm³/mol. The average Bonchev–Trinajstić information content (AvgIpc) is 2.12. The summed E-state index contributed by atoms with van der Waals surface area (Å²) in [6.45, 7) is 1.97. The lowest BCUT2D eigenvalue weighted by atomic mass is 10.1. The number of halogens is 1. The minimum absolute atomic E-state index is 0.103. The fourth-order valence-corrected chi connectivity index (χ4v) is 1.34. The van der Waals surface area contributed by atoms with E-state index >= 15 is 0 Å². The molecule has 0 saturated heterocycles. The molecule has 0 heterocycles. The smallest absolute Gasteiger partial charge is 0.229 e. The van der Waals surface area contributed by atoms with E-state index in [-0.39, 0.29) is 6.42 Å². The van der Waals surface area contributed by atoms with E-state index in [4.69, 9.17) is 5.73 Å². The van der Waals surface area contributed by atoms with E-state index in [0.29, 0.717) is 0 Å². The number of carbonyl (C=O) groups excluding carboxylic acids is 1. The predicted octanol–water partition coefficient (Wildman–Crippen LogP) is 1.98. The molecule has 0 aromatic heterocycles. The average molecular weight is 252 g/mol. The molecule has 0 fully saturated rings. The van der Waals surface area contributed by atoms with Gasteiger partial charge in [-0.1, -0.05) is 33.8 Å². The van der Waals surface area contributed by atoms with Crippen LogP contribution in [0.5, 0.6) is 0 Å². The van der Waals surface area contributed by atoms with Gasteiger partial charge in [0.25, 0.3) is 0 Å². The van der Waals surface area contributed by atoms with Gasteiger partial charge in [-0.15, -0.1) is 0 Å². The Kier molecular flexibility index (Phi) is 3.73. The first-order valence-electron chi connectivity index (χ1n) is 4.13. The number of benzene rings is 1. The molecule has 0 unspecified atom stereocenters. The number of carbonyl (C=O) groups is 1. The van der Waals surface area contributed by atoms with Crippen LogP contribution in [0.3, 0.4) is 0 Å². The van der Waals surface area contributed by atoms with Crippen molar-refractivity contribution in [3.63, 3.8) is 0 Å². The summed E-state index contributed by atoms with van der Waals surface area (Å²) in [4.78, 5) is 10.5. The Bertz CT molecular complexity index is 415.